The van der Waals surface area contributed by atoms with Crippen LogP contribution in [-0.4, -0.2) is 53.6 Å². The lowest BCUT2D eigenvalue weighted by atomic mass is 10.0. The Labute approximate surface area is 153 Å². The predicted octanol–water partition coefficient (Wildman–Crippen LogP) is -0.230. The molecule has 0 bridgehead atoms. The normalized spacial score (nSPS) is 20.9. The highest BCUT2D eigenvalue weighted by molar-refractivity contribution is 6.24. The molecule has 0 saturated carbocycles. The predicted molar refractivity (Wildman–Crippen MR) is 88.8 cm³/mol. The minimum atomic E-state index is -2.68. The number of piperidine rings is 1. The van der Waals surface area contributed by atoms with Crippen LogP contribution in [0.3, 0.4) is 0 Å². The summed E-state index contributed by atoms with van der Waals surface area (Å²) in [6.07, 6.45) is -2.61. The third-order valence-electron chi connectivity index (χ3n) is 4.67. The van der Waals surface area contributed by atoms with Crippen LogP contribution in [0, 0.1) is 0 Å². The van der Waals surface area contributed by atoms with E-state index in [0.717, 1.165) is 4.90 Å². The Hall–Kier alpha value is -2.72. The molecule has 0 spiro atoms. The maximum atomic E-state index is 12.9. The standard InChI is InChI=1S/C17H18F2N4O4/c18-14(19)10(6-20)21-7-8-2-1-3-9-13(8)17(27)23(16(9)26)11-4-5-12(24)22-15(11)25/h1-3,10-11,14,21H,4-7,20H2,(H,22,24,25). The number of halogens is 2. The van der Waals surface area contributed by atoms with Crippen LogP contribution in [-0.2, 0) is 16.1 Å². The van der Waals surface area contributed by atoms with E-state index in [4.69, 9.17) is 5.73 Å². The van der Waals surface area contributed by atoms with E-state index < -0.39 is 42.1 Å². The number of fused-ring (bicyclic) bond motifs is 1. The fraction of sp³-hybridized carbons (Fsp3) is 0.412. The molecule has 1 aromatic carbocycles. The zero-order chi connectivity index (χ0) is 19.7. The summed E-state index contributed by atoms with van der Waals surface area (Å²) in [5, 5.41) is 4.69. The van der Waals surface area contributed by atoms with Gasteiger partial charge in [-0.2, -0.15) is 0 Å². The van der Waals surface area contributed by atoms with Crippen molar-refractivity contribution in [2.24, 2.45) is 5.73 Å². The summed E-state index contributed by atoms with van der Waals surface area (Å²) in [5.41, 5.74) is 5.84. The molecule has 8 nitrogen and oxygen atoms in total. The van der Waals surface area contributed by atoms with Gasteiger partial charge in [-0.25, -0.2) is 8.78 Å². The molecule has 10 heteroatoms. The number of alkyl halides is 2. The average Bonchev–Trinajstić information content (AvgIpc) is 2.87. The molecule has 0 aliphatic carbocycles. The monoisotopic (exact) mass is 380 g/mol. The molecule has 2 aliphatic rings. The molecule has 4 amide bonds. The molecule has 0 radical (unpaired) electrons. The van der Waals surface area contributed by atoms with Gasteiger partial charge in [-0.05, 0) is 18.1 Å². The lowest BCUT2D eigenvalue weighted by molar-refractivity contribution is -0.136. The Balaban J connectivity index is 1.86. The zero-order valence-electron chi connectivity index (χ0n) is 14.2. The number of amides is 4. The average molecular weight is 380 g/mol. The molecule has 1 saturated heterocycles. The number of imide groups is 2. The lowest BCUT2D eigenvalue weighted by Crippen LogP contribution is -2.54. The van der Waals surface area contributed by atoms with Crippen LogP contribution in [0.25, 0.3) is 0 Å². The Kier molecular flexibility index (Phi) is 5.29. The zero-order valence-corrected chi connectivity index (χ0v) is 14.2. The van der Waals surface area contributed by atoms with Gasteiger partial charge in [-0.15, -0.1) is 0 Å². The first-order valence-electron chi connectivity index (χ1n) is 8.40. The molecule has 0 aromatic heterocycles. The molecule has 4 N–H and O–H groups in total. The summed E-state index contributed by atoms with van der Waals surface area (Å²) in [6.45, 7) is -0.375. The van der Waals surface area contributed by atoms with Crippen molar-refractivity contribution in [1.29, 1.82) is 0 Å². The van der Waals surface area contributed by atoms with Crippen molar-refractivity contribution in [1.82, 2.24) is 15.5 Å². The number of rotatable bonds is 6. The highest BCUT2D eigenvalue weighted by Gasteiger charge is 2.45. The summed E-state index contributed by atoms with van der Waals surface area (Å²) in [7, 11) is 0. The van der Waals surface area contributed by atoms with E-state index in [-0.39, 0.29) is 37.1 Å². The summed E-state index contributed by atoms with van der Waals surface area (Å²) >= 11 is 0. The molecular weight excluding hydrogens is 362 g/mol. The van der Waals surface area contributed by atoms with Crippen molar-refractivity contribution in [3.8, 4) is 0 Å². The van der Waals surface area contributed by atoms with Gasteiger partial charge >= 0.3 is 0 Å². The van der Waals surface area contributed by atoms with Gasteiger partial charge in [0, 0.05) is 19.5 Å². The maximum Gasteiger partial charge on any atom is 0.262 e. The third kappa shape index (κ3) is 3.45. The van der Waals surface area contributed by atoms with Crippen LogP contribution in [0.4, 0.5) is 8.78 Å². The summed E-state index contributed by atoms with van der Waals surface area (Å²) in [5.74, 6) is -2.49. The largest absolute Gasteiger partial charge is 0.329 e. The highest BCUT2D eigenvalue weighted by atomic mass is 19.3. The Bertz CT molecular complexity index is 814. The van der Waals surface area contributed by atoms with Crippen LogP contribution in [0.2, 0.25) is 0 Å². The topological polar surface area (TPSA) is 122 Å². The molecule has 144 valence electrons. The molecule has 2 aliphatic heterocycles. The number of nitrogens with two attached hydrogens (primary N) is 1. The highest BCUT2D eigenvalue weighted by Crippen LogP contribution is 2.30. The first kappa shape index (κ1) is 19.1. The molecule has 27 heavy (non-hydrogen) atoms. The van der Waals surface area contributed by atoms with Crippen LogP contribution in [0.15, 0.2) is 18.2 Å². The van der Waals surface area contributed by atoms with Crippen molar-refractivity contribution in [3.05, 3.63) is 34.9 Å². The number of nitrogens with one attached hydrogen (secondary N) is 2. The molecular formula is C17H18F2N4O4. The van der Waals surface area contributed by atoms with Crippen molar-refractivity contribution < 1.29 is 28.0 Å². The Morgan fingerprint density at radius 2 is 1.96 bits per heavy atom. The van der Waals surface area contributed by atoms with E-state index in [9.17, 15) is 28.0 Å². The molecule has 3 rings (SSSR count). The van der Waals surface area contributed by atoms with E-state index in [1.54, 1.807) is 6.07 Å². The van der Waals surface area contributed by atoms with Crippen molar-refractivity contribution in [2.45, 2.75) is 37.9 Å². The van der Waals surface area contributed by atoms with Gasteiger partial charge < -0.3 is 11.1 Å². The van der Waals surface area contributed by atoms with E-state index in [0.29, 0.717) is 5.56 Å². The maximum absolute atomic E-state index is 12.9. The fourth-order valence-electron chi connectivity index (χ4n) is 3.25. The van der Waals surface area contributed by atoms with E-state index in [2.05, 4.69) is 10.6 Å². The quantitative estimate of drug-likeness (QED) is 0.586. The van der Waals surface area contributed by atoms with Gasteiger partial charge in [-0.3, -0.25) is 29.4 Å². The molecule has 1 aromatic rings. The molecule has 2 atom stereocenters. The van der Waals surface area contributed by atoms with E-state index >= 15 is 0 Å². The second-order valence-corrected chi connectivity index (χ2v) is 6.34. The first-order valence-corrected chi connectivity index (χ1v) is 8.40. The van der Waals surface area contributed by atoms with Gasteiger partial charge in [0.25, 0.3) is 18.2 Å². The smallest absolute Gasteiger partial charge is 0.262 e. The molecule has 1 fully saturated rings. The van der Waals surface area contributed by atoms with Crippen LogP contribution in [0.1, 0.15) is 39.1 Å². The van der Waals surface area contributed by atoms with Gasteiger partial charge in [0.05, 0.1) is 17.2 Å². The minimum Gasteiger partial charge on any atom is -0.329 e. The molecule has 2 heterocycles. The number of hydrogen-bond donors (Lipinski definition) is 3. The Morgan fingerprint density at radius 3 is 2.59 bits per heavy atom. The van der Waals surface area contributed by atoms with Crippen LogP contribution < -0.4 is 16.4 Å². The van der Waals surface area contributed by atoms with Gasteiger partial charge in [0.1, 0.15) is 6.04 Å². The van der Waals surface area contributed by atoms with Crippen LogP contribution in [0.5, 0.6) is 0 Å². The first-order chi connectivity index (χ1) is 12.8. The van der Waals surface area contributed by atoms with Gasteiger partial charge in [0.15, 0.2) is 0 Å². The number of carbonyl (C=O) groups is 4. The van der Waals surface area contributed by atoms with Gasteiger partial charge in [-0.1, -0.05) is 12.1 Å². The van der Waals surface area contributed by atoms with Crippen molar-refractivity contribution in [2.75, 3.05) is 6.54 Å². The second kappa shape index (κ2) is 7.49. The Morgan fingerprint density at radius 1 is 1.22 bits per heavy atom. The second-order valence-electron chi connectivity index (χ2n) is 6.34. The van der Waals surface area contributed by atoms with Gasteiger partial charge in [0.2, 0.25) is 11.8 Å². The number of carbonyl (C=O) groups excluding carboxylic acids is 4. The number of benzene rings is 1. The SMILES string of the molecule is NCC(NCc1cccc2c1C(=O)N(C1CCC(=O)NC1=O)C2=O)C(F)F. The minimum absolute atomic E-state index is 0.0186. The van der Waals surface area contributed by atoms with Crippen molar-refractivity contribution in [3.63, 3.8) is 0 Å². The lowest BCUT2D eigenvalue weighted by Gasteiger charge is -2.27. The third-order valence-corrected chi connectivity index (χ3v) is 4.67. The van der Waals surface area contributed by atoms with Crippen LogP contribution >= 0.6 is 0 Å². The van der Waals surface area contributed by atoms with E-state index in [1.807, 2.05) is 0 Å². The summed E-state index contributed by atoms with van der Waals surface area (Å²) in [6, 6.07) is 2.20. The summed E-state index contributed by atoms with van der Waals surface area (Å²) in [4.78, 5) is 49.7. The number of nitrogens with zero attached hydrogens (tertiary/aromatic N) is 1. The summed E-state index contributed by atoms with van der Waals surface area (Å²) < 4.78 is 25.7. The number of hydrogen-bond acceptors (Lipinski definition) is 6. The molecule has 2 unspecified atom stereocenters. The van der Waals surface area contributed by atoms with Crippen molar-refractivity contribution >= 4 is 23.6 Å². The van der Waals surface area contributed by atoms with E-state index in [1.165, 1.54) is 12.1 Å². The fourth-order valence-corrected chi connectivity index (χ4v) is 3.25.